The average Bonchev–Trinajstić information content (AvgIpc) is 3.12. The zero-order chi connectivity index (χ0) is 24.9. The minimum atomic E-state index is -0.415. The number of anilines is 1. The summed E-state index contributed by atoms with van der Waals surface area (Å²) < 4.78 is 17.8. The second-order valence-corrected chi connectivity index (χ2v) is 9.65. The van der Waals surface area contributed by atoms with Gasteiger partial charge in [-0.1, -0.05) is 35.9 Å². The highest BCUT2D eigenvalue weighted by atomic mass is 79.9. The van der Waals surface area contributed by atoms with Crippen molar-refractivity contribution in [2.75, 3.05) is 18.6 Å². The Labute approximate surface area is 220 Å². The summed E-state index contributed by atoms with van der Waals surface area (Å²) >= 11 is 10.4. The first-order chi connectivity index (χ1) is 16.9. The number of ether oxygens (including phenoxy) is 3. The third-order valence-corrected chi connectivity index (χ3v) is 6.76. The maximum atomic E-state index is 13.1. The summed E-state index contributed by atoms with van der Waals surface area (Å²) in [5.41, 5.74) is 2.05. The molecule has 3 aromatic carbocycles. The molecule has 0 bridgehead atoms. The third-order valence-electron chi connectivity index (χ3n) is 5.05. The number of para-hydroxylation sites is 2. The average molecular weight is 575 g/mol. The van der Waals surface area contributed by atoms with Gasteiger partial charge in [-0.3, -0.25) is 9.59 Å². The zero-order valence-electron chi connectivity index (χ0n) is 18.9. The third kappa shape index (κ3) is 5.66. The van der Waals surface area contributed by atoms with Crippen molar-refractivity contribution >= 4 is 62.2 Å². The van der Waals surface area contributed by atoms with Gasteiger partial charge in [-0.15, -0.1) is 0 Å². The van der Waals surface area contributed by atoms with Gasteiger partial charge < -0.3 is 14.2 Å². The molecule has 35 heavy (non-hydrogen) atoms. The van der Waals surface area contributed by atoms with Crippen LogP contribution in [-0.4, -0.2) is 24.9 Å². The molecular formula is C26H21BrClNO5S. The summed E-state index contributed by atoms with van der Waals surface area (Å²) in [5, 5.41) is 0.266. The molecule has 1 heterocycles. The van der Waals surface area contributed by atoms with Gasteiger partial charge in [-0.25, -0.2) is 4.90 Å². The van der Waals surface area contributed by atoms with E-state index in [2.05, 4.69) is 15.9 Å². The van der Waals surface area contributed by atoms with Gasteiger partial charge in [0.1, 0.15) is 12.4 Å². The lowest BCUT2D eigenvalue weighted by Gasteiger charge is -2.16. The number of carbonyl (C=O) groups excluding carboxylic acids is 2. The molecule has 0 N–H and O–H groups in total. The van der Waals surface area contributed by atoms with E-state index < -0.39 is 11.1 Å². The Bertz CT molecular complexity index is 1300. The van der Waals surface area contributed by atoms with Crippen LogP contribution in [0, 0.1) is 0 Å². The molecule has 1 fully saturated rings. The van der Waals surface area contributed by atoms with Crippen LogP contribution in [0.4, 0.5) is 10.5 Å². The SMILES string of the molecule is CCOc1cc(/C=C2\SC(=O)N(c3ccccc3OC)C2=O)cc(Br)c1OCc1ccc(Cl)cc1. The van der Waals surface area contributed by atoms with Crippen LogP contribution in [0.2, 0.25) is 5.02 Å². The molecule has 0 atom stereocenters. The van der Waals surface area contributed by atoms with Gasteiger partial charge in [0.25, 0.3) is 11.1 Å². The summed E-state index contributed by atoms with van der Waals surface area (Å²) in [6.45, 7) is 2.63. The molecule has 0 spiro atoms. The molecule has 0 saturated carbocycles. The largest absolute Gasteiger partial charge is 0.495 e. The van der Waals surface area contributed by atoms with E-state index in [-0.39, 0.29) is 0 Å². The molecule has 0 radical (unpaired) electrons. The number of hydrogen-bond acceptors (Lipinski definition) is 6. The Morgan fingerprint density at radius 1 is 1.03 bits per heavy atom. The quantitative estimate of drug-likeness (QED) is 0.263. The second kappa shape index (κ2) is 11.2. The Morgan fingerprint density at radius 3 is 2.49 bits per heavy atom. The Hall–Kier alpha value is -2.94. The molecule has 4 rings (SSSR count). The summed E-state index contributed by atoms with van der Waals surface area (Å²) in [6, 6.07) is 17.9. The number of methoxy groups -OCH3 is 1. The van der Waals surface area contributed by atoms with Crippen molar-refractivity contribution in [2.24, 2.45) is 0 Å². The van der Waals surface area contributed by atoms with Crippen LogP contribution in [0.3, 0.4) is 0 Å². The molecule has 2 amide bonds. The van der Waals surface area contributed by atoms with Crippen molar-refractivity contribution in [1.29, 1.82) is 0 Å². The first-order valence-electron chi connectivity index (χ1n) is 10.7. The van der Waals surface area contributed by atoms with E-state index in [1.165, 1.54) is 7.11 Å². The predicted octanol–water partition coefficient (Wildman–Crippen LogP) is 7.33. The van der Waals surface area contributed by atoms with Gasteiger partial charge in [-0.05, 0) is 88.2 Å². The van der Waals surface area contributed by atoms with Crippen molar-refractivity contribution in [3.8, 4) is 17.2 Å². The van der Waals surface area contributed by atoms with Crippen LogP contribution in [-0.2, 0) is 11.4 Å². The molecule has 0 aliphatic carbocycles. The number of nitrogens with zero attached hydrogens (tertiary/aromatic N) is 1. The first kappa shape index (κ1) is 25.2. The predicted molar refractivity (Wildman–Crippen MR) is 143 cm³/mol. The number of hydrogen-bond donors (Lipinski definition) is 0. The molecule has 1 aliphatic heterocycles. The molecule has 180 valence electrons. The lowest BCUT2D eigenvalue weighted by atomic mass is 10.1. The van der Waals surface area contributed by atoms with Crippen molar-refractivity contribution in [3.63, 3.8) is 0 Å². The van der Waals surface area contributed by atoms with Crippen LogP contribution < -0.4 is 19.1 Å². The number of rotatable bonds is 8. The van der Waals surface area contributed by atoms with Gasteiger partial charge in [0.2, 0.25) is 0 Å². The lowest BCUT2D eigenvalue weighted by molar-refractivity contribution is -0.113. The highest BCUT2D eigenvalue weighted by Crippen LogP contribution is 2.42. The summed E-state index contributed by atoms with van der Waals surface area (Å²) in [4.78, 5) is 27.2. The van der Waals surface area contributed by atoms with E-state index >= 15 is 0 Å². The van der Waals surface area contributed by atoms with Crippen molar-refractivity contribution in [1.82, 2.24) is 0 Å². The number of imide groups is 1. The monoisotopic (exact) mass is 573 g/mol. The van der Waals surface area contributed by atoms with E-state index in [4.69, 9.17) is 25.8 Å². The van der Waals surface area contributed by atoms with E-state index in [9.17, 15) is 9.59 Å². The number of thioether (sulfide) groups is 1. The molecule has 3 aromatic rings. The van der Waals surface area contributed by atoms with Crippen LogP contribution in [0.15, 0.2) is 70.0 Å². The molecule has 0 unspecified atom stereocenters. The summed E-state index contributed by atoms with van der Waals surface area (Å²) in [5.74, 6) is 1.09. The number of benzene rings is 3. The molecule has 0 aromatic heterocycles. The molecule has 1 saturated heterocycles. The first-order valence-corrected chi connectivity index (χ1v) is 12.6. The molecule has 1 aliphatic rings. The van der Waals surface area contributed by atoms with Gasteiger partial charge >= 0.3 is 0 Å². The Balaban J connectivity index is 1.61. The highest BCUT2D eigenvalue weighted by Gasteiger charge is 2.37. The van der Waals surface area contributed by atoms with Crippen molar-refractivity contribution in [2.45, 2.75) is 13.5 Å². The van der Waals surface area contributed by atoms with Gasteiger partial charge in [0, 0.05) is 5.02 Å². The lowest BCUT2D eigenvalue weighted by Crippen LogP contribution is -2.28. The van der Waals surface area contributed by atoms with Gasteiger partial charge in [0.05, 0.1) is 28.8 Å². The van der Waals surface area contributed by atoms with E-state index in [1.54, 1.807) is 48.5 Å². The van der Waals surface area contributed by atoms with Crippen LogP contribution in [0.1, 0.15) is 18.1 Å². The fourth-order valence-corrected chi connectivity index (χ4v) is 4.99. The van der Waals surface area contributed by atoms with Crippen LogP contribution in [0.5, 0.6) is 17.2 Å². The van der Waals surface area contributed by atoms with Gasteiger partial charge in [-0.2, -0.15) is 0 Å². The summed E-state index contributed by atoms with van der Waals surface area (Å²) in [6.07, 6.45) is 1.66. The number of amides is 2. The summed E-state index contributed by atoms with van der Waals surface area (Å²) in [7, 11) is 1.50. The fourth-order valence-electron chi connectivity index (χ4n) is 3.45. The molecule has 6 nitrogen and oxygen atoms in total. The van der Waals surface area contributed by atoms with Gasteiger partial charge in [0.15, 0.2) is 11.5 Å². The van der Waals surface area contributed by atoms with Crippen molar-refractivity contribution < 1.29 is 23.8 Å². The standard InChI is InChI=1S/C26H21BrClNO5S/c1-3-33-22-13-17(12-19(27)24(22)34-15-16-8-10-18(28)11-9-16)14-23-25(30)29(26(31)35-23)20-6-4-5-7-21(20)32-2/h4-14H,3,15H2,1-2H3/b23-14-. The Kier molecular flexibility index (Phi) is 8.05. The van der Waals surface area contributed by atoms with E-state index in [0.29, 0.717) is 56.1 Å². The smallest absolute Gasteiger partial charge is 0.298 e. The fraction of sp³-hybridized carbons (Fsp3) is 0.154. The maximum Gasteiger partial charge on any atom is 0.298 e. The van der Waals surface area contributed by atoms with E-state index in [1.807, 2.05) is 25.1 Å². The number of halogens is 2. The maximum absolute atomic E-state index is 13.1. The molecule has 9 heteroatoms. The zero-order valence-corrected chi connectivity index (χ0v) is 22.1. The molecular weight excluding hydrogens is 554 g/mol. The second-order valence-electron chi connectivity index (χ2n) is 7.37. The highest BCUT2D eigenvalue weighted by molar-refractivity contribution is 9.10. The normalized spacial score (nSPS) is 14.5. The number of carbonyl (C=O) groups is 2. The van der Waals surface area contributed by atoms with Crippen LogP contribution in [0.25, 0.3) is 6.08 Å². The topological polar surface area (TPSA) is 65.1 Å². The van der Waals surface area contributed by atoms with E-state index in [0.717, 1.165) is 22.2 Å². The Morgan fingerprint density at radius 2 is 1.77 bits per heavy atom. The minimum Gasteiger partial charge on any atom is -0.495 e. The van der Waals surface area contributed by atoms with Crippen LogP contribution >= 0.6 is 39.3 Å². The minimum absolute atomic E-state index is 0.296. The van der Waals surface area contributed by atoms with Crippen molar-refractivity contribution in [3.05, 3.63) is 86.2 Å².